The number of aromatic nitrogens is 2. The zero-order chi connectivity index (χ0) is 67.5. The molecule has 0 amide bonds. The van der Waals surface area contributed by atoms with Crippen molar-refractivity contribution in [3.63, 3.8) is 0 Å². The Morgan fingerprint density at radius 3 is 1.16 bits per heavy atom. The van der Waals surface area contributed by atoms with E-state index in [-0.39, 0.29) is 10.6 Å². The first-order valence-corrected chi connectivity index (χ1v) is 41.8. The number of hydrogen-bond donors (Lipinski definition) is 2. The molecule has 0 unspecified atom stereocenters. The van der Waals surface area contributed by atoms with E-state index in [1.54, 1.807) is 12.1 Å². The first-order valence-electron chi connectivity index (χ1n) is 38.9. The molecule has 0 bridgehead atoms. The Morgan fingerprint density at radius 1 is 0.505 bits per heavy atom. The van der Waals surface area contributed by atoms with Crippen LogP contribution in [0.15, 0.2) is 34.0 Å². The average molecular weight is 1330 g/mol. The number of esters is 2. The van der Waals surface area contributed by atoms with Crippen LogP contribution in [-0.4, -0.2) is 86.3 Å². The minimum atomic E-state index is -2.66. The first kappa shape index (κ1) is 83.6. The molecular weight excluding hydrogens is 1180 g/mol. The van der Waals surface area contributed by atoms with E-state index in [9.17, 15) is 24.3 Å². The van der Waals surface area contributed by atoms with E-state index >= 15 is 0 Å². The second kappa shape index (κ2) is 53.4. The van der Waals surface area contributed by atoms with Gasteiger partial charge in [0.25, 0.3) is 5.56 Å². The molecule has 3 rings (SSSR count). The van der Waals surface area contributed by atoms with Gasteiger partial charge in [0.05, 0.1) is 32.0 Å². The third kappa shape index (κ3) is 38.2. The molecule has 1 aromatic heterocycles. The van der Waals surface area contributed by atoms with Crippen molar-refractivity contribution in [1.82, 2.24) is 9.55 Å². The fraction of sp³-hybridized carbons (Fsp3) is 0.846. The van der Waals surface area contributed by atoms with Gasteiger partial charge >= 0.3 is 17.6 Å². The van der Waals surface area contributed by atoms with E-state index < -0.39 is 69.3 Å². The first-order chi connectivity index (χ1) is 45.2. The topological polar surface area (TPSA) is 174 Å². The molecule has 538 valence electrons. The minimum absolute atomic E-state index is 0.149. The summed E-state index contributed by atoms with van der Waals surface area (Å²) < 4.78 is 45.7. The average Bonchev–Trinajstić information content (AvgIpc) is 1.68. The number of nitrogens with one attached hydrogen (secondary N) is 1. The van der Waals surface area contributed by atoms with Gasteiger partial charge in [0.15, 0.2) is 38.8 Å². The molecule has 1 aliphatic rings. The number of H-pyrrole nitrogens is 1. The lowest BCUT2D eigenvalue weighted by atomic mass is 10.0. The lowest BCUT2D eigenvalue weighted by Crippen LogP contribution is -2.51. The number of ether oxygens (including phenoxy) is 6. The van der Waals surface area contributed by atoms with E-state index in [1.165, 1.54) is 267 Å². The predicted octanol–water partition coefficient (Wildman–Crippen LogP) is 21.5. The van der Waals surface area contributed by atoms with Crippen LogP contribution < -0.4 is 25.5 Å². The standard InChI is InChI=1S/C78H140N2O12Si/c1-9-12-15-18-21-24-27-30-33-36-39-42-45-48-51-54-59-86-67-62-66(76(84)89-65-71(83)91-73-69(64-81)90-75(80-58-57-70(82)79-77(80)85)74(73)92-93(7,8)78(4,5)6)63-68(87-60-55-52-49-46-43-40-37-34-31-28-25-22-19-16-13-10-2)72(67)88-61-56-53-50-47-44-41-38-35-32-29-26-23-20-17-14-11-3/h57-58,62-63,69,73-75,81H,9-56,59-61,64-65H2,1-8H3,(H,79,82,85)/t69-,73+,74-,75-/m1/s1. The molecule has 0 radical (unpaired) electrons. The van der Waals surface area contributed by atoms with Gasteiger partial charge in [0.1, 0.15) is 12.2 Å². The Bertz CT molecular complexity index is 2220. The monoisotopic (exact) mass is 1330 g/mol. The van der Waals surface area contributed by atoms with Gasteiger partial charge in [0, 0.05) is 12.3 Å². The van der Waals surface area contributed by atoms with Crippen LogP contribution in [0.25, 0.3) is 0 Å². The minimum Gasteiger partial charge on any atom is -0.490 e. The lowest BCUT2D eigenvalue weighted by Gasteiger charge is -2.40. The van der Waals surface area contributed by atoms with Gasteiger partial charge in [-0.2, -0.15) is 0 Å². The van der Waals surface area contributed by atoms with Crippen molar-refractivity contribution in [2.45, 2.75) is 392 Å². The Kier molecular flexibility index (Phi) is 48.0. The number of hydrogen-bond acceptors (Lipinski definition) is 12. The van der Waals surface area contributed by atoms with Gasteiger partial charge in [-0.05, 0) is 49.5 Å². The molecule has 15 heteroatoms. The second-order valence-corrected chi connectivity index (χ2v) is 33.7. The fourth-order valence-corrected chi connectivity index (χ4v) is 13.7. The molecule has 1 fully saturated rings. The summed E-state index contributed by atoms with van der Waals surface area (Å²) in [5, 5.41) is 10.3. The summed E-state index contributed by atoms with van der Waals surface area (Å²) in [6.07, 6.45) is 58.2. The van der Waals surface area contributed by atoms with Crippen LogP contribution in [-0.2, 0) is 23.4 Å². The SMILES string of the molecule is CCCCCCCCCCCCCCCCCCOc1cc(C(=O)OCC(=O)O[C@@H]2[C@@H](O[Si](C)(C)C(C)(C)C)[C@H](n3ccc(=O)[nH]c3=O)O[C@@H]2CO)cc(OCCCCCCCCCCCCCCCCCC)c1OCCCCCCCCCCCCCCCCCC. The molecule has 2 N–H and O–H groups in total. The Balaban J connectivity index is 1.72. The number of nitrogens with zero attached hydrogens (tertiary/aromatic N) is 1. The number of carbonyl (C=O) groups is 2. The van der Waals surface area contributed by atoms with Crippen molar-refractivity contribution in [1.29, 1.82) is 0 Å². The third-order valence-corrected chi connectivity index (χ3v) is 23.9. The zero-order valence-electron chi connectivity index (χ0n) is 61.0. The van der Waals surface area contributed by atoms with E-state index in [1.807, 2.05) is 13.1 Å². The summed E-state index contributed by atoms with van der Waals surface area (Å²) in [7, 11) is -2.66. The summed E-state index contributed by atoms with van der Waals surface area (Å²) in [6, 6.07) is 4.48. The quantitative estimate of drug-likeness (QED) is 0.0365. The van der Waals surface area contributed by atoms with E-state index in [0.717, 1.165) is 57.8 Å². The van der Waals surface area contributed by atoms with E-state index in [0.29, 0.717) is 37.1 Å². The van der Waals surface area contributed by atoms with Crippen LogP contribution in [0.3, 0.4) is 0 Å². The summed E-state index contributed by atoms with van der Waals surface area (Å²) >= 11 is 0. The maximum absolute atomic E-state index is 14.2. The maximum Gasteiger partial charge on any atom is 0.344 e. The van der Waals surface area contributed by atoms with Crippen LogP contribution in [0.5, 0.6) is 17.2 Å². The highest BCUT2D eigenvalue weighted by Crippen LogP contribution is 2.43. The van der Waals surface area contributed by atoms with Crippen molar-refractivity contribution in [2.24, 2.45) is 0 Å². The summed E-state index contributed by atoms with van der Waals surface area (Å²) in [5.74, 6) is -0.361. The van der Waals surface area contributed by atoms with Crippen LogP contribution in [0.1, 0.15) is 366 Å². The van der Waals surface area contributed by atoms with Crippen molar-refractivity contribution >= 4 is 20.3 Å². The molecule has 0 saturated carbocycles. The second-order valence-electron chi connectivity index (χ2n) is 28.9. The number of rotatable bonds is 62. The van der Waals surface area contributed by atoms with Crippen LogP contribution in [0.4, 0.5) is 0 Å². The Labute approximate surface area is 568 Å². The Morgan fingerprint density at radius 2 is 0.839 bits per heavy atom. The molecule has 93 heavy (non-hydrogen) atoms. The van der Waals surface area contributed by atoms with Crippen molar-refractivity contribution < 1.29 is 47.5 Å². The van der Waals surface area contributed by atoms with Gasteiger partial charge in [0.2, 0.25) is 5.75 Å². The largest absolute Gasteiger partial charge is 0.490 e. The van der Waals surface area contributed by atoms with Gasteiger partial charge in [-0.15, -0.1) is 0 Å². The molecule has 0 spiro atoms. The molecule has 2 aromatic rings. The van der Waals surface area contributed by atoms with E-state index in [2.05, 4.69) is 46.5 Å². The molecule has 0 aliphatic carbocycles. The molecule has 14 nitrogen and oxygen atoms in total. The van der Waals surface area contributed by atoms with E-state index in [4.69, 9.17) is 32.8 Å². The molecule has 2 heterocycles. The van der Waals surface area contributed by atoms with Crippen molar-refractivity contribution in [3.8, 4) is 17.2 Å². The van der Waals surface area contributed by atoms with Gasteiger partial charge < -0.3 is 38.0 Å². The smallest absolute Gasteiger partial charge is 0.344 e. The normalized spacial score (nSPS) is 15.9. The van der Waals surface area contributed by atoms with Crippen LogP contribution in [0, 0.1) is 0 Å². The number of carbonyl (C=O) groups excluding carboxylic acids is 2. The summed E-state index contributed by atoms with van der Waals surface area (Å²) in [6.45, 7) is 17.1. The van der Waals surface area contributed by atoms with Crippen LogP contribution >= 0.6 is 0 Å². The zero-order valence-corrected chi connectivity index (χ0v) is 62.0. The molecule has 1 aliphatic heterocycles. The third-order valence-electron chi connectivity index (χ3n) is 19.4. The highest BCUT2D eigenvalue weighted by atomic mass is 28.4. The molecule has 4 atom stereocenters. The van der Waals surface area contributed by atoms with Gasteiger partial charge in [-0.3, -0.25) is 14.3 Å². The summed E-state index contributed by atoms with van der Waals surface area (Å²) in [5.41, 5.74) is -1.18. The summed E-state index contributed by atoms with van der Waals surface area (Å²) in [4.78, 5) is 55.6. The molecule has 1 aromatic carbocycles. The maximum atomic E-state index is 14.2. The predicted molar refractivity (Wildman–Crippen MR) is 386 cm³/mol. The Hall–Kier alpha value is -3.66. The van der Waals surface area contributed by atoms with Crippen molar-refractivity contribution in [3.05, 3.63) is 50.8 Å². The molecule has 1 saturated heterocycles. The van der Waals surface area contributed by atoms with Gasteiger partial charge in [-0.1, -0.05) is 330 Å². The number of benzene rings is 1. The van der Waals surface area contributed by atoms with Crippen molar-refractivity contribution in [2.75, 3.05) is 33.0 Å². The fourth-order valence-electron chi connectivity index (χ4n) is 12.4. The van der Waals surface area contributed by atoms with Crippen LogP contribution in [0.2, 0.25) is 18.1 Å². The highest BCUT2D eigenvalue weighted by Gasteiger charge is 2.53. The number of aliphatic hydroxyl groups is 1. The number of aliphatic hydroxyl groups excluding tert-OH is 1. The lowest BCUT2D eigenvalue weighted by molar-refractivity contribution is -0.159. The molecular formula is C78H140N2O12Si. The number of unbranched alkanes of at least 4 members (excludes halogenated alkanes) is 45. The van der Waals surface area contributed by atoms with Gasteiger partial charge in [-0.25, -0.2) is 14.4 Å². The number of aromatic amines is 1. The highest BCUT2D eigenvalue weighted by molar-refractivity contribution is 6.74.